The molecular weight excluding hydrogens is 378 g/mol. The summed E-state index contributed by atoms with van der Waals surface area (Å²) in [6.07, 6.45) is -0.389. The predicted octanol–water partition coefficient (Wildman–Crippen LogP) is 1.03. The van der Waals surface area contributed by atoms with Crippen molar-refractivity contribution in [2.45, 2.75) is 19.4 Å². The van der Waals surface area contributed by atoms with E-state index in [9.17, 15) is 14.4 Å². The summed E-state index contributed by atoms with van der Waals surface area (Å²) in [4.78, 5) is 35.2. The van der Waals surface area contributed by atoms with Crippen LogP contribution in [0.4, 0.5) is 4.79 Å². The highest BCUT2D eigenvalue weighted by Gasteiger charge is 2.15. The molecule has 1 aromatic carbocycles. The van der Waals surface area contributed by atoms with E-state index in [0.29, 0.717) is 37.3 Å². The fourth-order valence-electron chi connectivity index (χ4n) is 2.45. The van der Waals surface area contributed by atoms with Crippen molar-refractivity contribution in [2.24, 2.45) is 5.73 Å². The average molecular weight is 407 g/mol. The zero-order valence-electron chi connectivity index (χ0n) is 16.9. The van der Waals surface area contributed by atoms with Gasteiger partial charge in [-0.05, 0) is 44.7 Å². The van der Waals surface area contributed by atoms with Crippen molar-refractivity contribution in [1.29, 1.82) is 0 Å². The van der Waals surface area contributed by atoms with Crippen LogP contribution in [0.25, 0.3) is 0 Å². The summed E-state index contributed by atoms with van der Waals surface area (Å²) in [7, 11) is 1.69. The first-order chi connectivity index (χ1) is 13.9. The quantitative estimate of drug-likeness (QED) is 0.191. The number of rotatable bonds is 13. The lowest BCUT2D eigenvalue weighted by Crippen LogP contribution is -2.35. The number of amides is 1. The van der Waals surface area contributed by atoms with Crippen LogP contribution in [0.3, 0.4) is 0 Å². The van der Waals surface area contributed by atoms with Gasteiger partial charge in [-0.15, -0.1) is 0 Å². The number of nitrogens with two attached hydrogens (primary N) is 1. The number of likely N-dealkylation sites (N-methyl/N-ethyl adjacent to an activating group) is 1. The highest BCUT2D eigenvalue weighted by atomic mass is 16.7. The lowest BCUT2D eigenvalue weighted by Gasteiger charge is -2.16. The molecule has 0 aliphatic rings. The maximum atomic E-state index is 12.2. The van der Waals surface area contributed by atoms with Crippen LogP contribution in [0.2, 0.25) is 0 Å². The SMILES string of the molecule is C=C(CCNC(=O)c1ccc(OC(=O)OCCOCCN)cc1)[C@H](NC)C(C)=O. The topological polar surface area (TPSA) is 129 Å². The summed E-state index contributed by atoms with van der Waals surface area (Å²) in [5.74, 6) is -0.0602. The number of ketones is 1. The molecule has 1 amide bonds. The number of benzene rings is 1. The van der Waals surface area contributed by atoms with Crippen molar-refractivity contribution in [3.63, 3.8) is 0 Å². The molecule has 0 saturated carbocycles. The Labute approximate surface area is 170 Å². The summed E-state index contributed by atoms with van der Waals surface area (Å²) >= 11 is 0. The fourth-order valence-corrected chi connectivity index (χ4v) is 2.45. The molecule has 9 nitrogen and oxygen atoms in total. The number of carbonyl (C=O) groups is 3. The maximum Gasteiger partial charge on any atom is 0.513 e. The van der Waals surface area contributed by atoms with Gasteiger partial charge in [-0.1, -0.05) is 12.2 Å². The van der Waals surface area contributed by atoms with Crippen LogP contribution in [0.5, 0.6) is 5.75 Å². The molecule has 0 radical (unpaired) electrons. The molecule has 0 spiro atoms. The third-order valence-electron chi connectivity index (χ3n) is 3.86. The molecule has 1 rings (SSSR count). The molecule has 1 atom stereocenters. The lowest BCUT2D eigenvalue weighted by molar-refractivity contribution is -0.118. The Morgan fingerprint density at radius 1 is 1.14 bits per heavy atom. The monoisotopic (exact) mass is 407 g/mol. The zero-order chi connectivity index (χ0) is 21.6. The molecule has 9 heteroatoms. The molecule has 4 N–H and O–H groups in total. The minimum absolute atomic E-state index is 0.0268. The van der Waals surface area contributed by atoms with Gasteiger partial charge in [0, 0.05) is 18.7 Å². The molecule has 1 aromatic rings. The normalized spacial score (nSPS) is 11.4. The minimum Gasteiger partial charge on any atom is -0.432 e. The Bertz CT molecular complexity index is 690. The Balaban J connectivity index is 2.38. The van der Waals surface area contributed by atoms with Crippen molar-refractivity contribution in [2.75, 3.05) is 40.0 Å². The first-order valence-corrected chi connectivity index (χ1v) is 9.25. The van der Waals surface area contributed by atoms with Crippen molar-refractivity contribution >= 4 is 17.8 Å². The van der Waals surface area contributed by atoms with E-state index in [4.69, 9.17) is 19.9 Å². The number of Topliss-reactive ketones (excluding diaryl/α,β-unsaturated/α-hetero) is 1. The van der Waals surface area contributed by atoms with Crippen molar-refractivity contribution in [1.82, 2.24) is 10.6 Å². The number of nitrogens with one attached hydrogen (secondary N) is 2. The van der Waals surface area contributed by atoms with E-state index in [0.717, 1.165) is 0 Å². The van der Waals surface area contributed by atoms with Gasteiger partial charge in [0.25, 0.3) is 5.91 Å². The van der Waals surface area contributed by atoms with Crippen molar-refractivity contribution < 1.29 is 28.6 Å². The van der Waals surface area contributed by atoms with Gasteiger partial charge in [0.2, 0.25) is 0 Å². The second-order valence-corrected chi connectivity index (χ2v) is 6.12. The van der Waals surface area contributed by atoms with E-state index in [2.05, 4.69) is 17.2 Å². The first kappa shape index (κ1) is 24.3. The van der Waals surface area contributed by atoms with Crippen LogP contribution in [0, 0.1) is 0 Å². The minimum atomic E-state index is -0.860. The zero-order valence-corrected chi connectivity index (χ0v) is 16.9. The molecular formula is C20H29N3O6. The molecule has 0 heterocycles. The summed E-state index contributed by atoms with van der Waals surface area (Å²) in [6.45, 7) is 6.80. The molecule has 0 aliphatic heterocycles. The molecule has 29 heavy (non-hydrogen) atoms. The fraction of sp³-hybridized carbons (Fsp3) is 0.450. The number of hydrogen-bond donors (Lipinski definition) is 3. The number of carbonyl (C=O) groups excluding carboxylic acids is 3. The van der Waals surface area contributed by atoms with Gasteiger partial charge in [0.15, 0.2) is 5.78 Å². The molecule has 0 fully saturated rings. The second kappa shape index (κ2) is 13.4. The Morgan fingerprint density at radius 2 is 1.83 bits per heavy atom. The van der Waals surface area contributed by atoms with Gasteiger partial charge in [0.1, 0.15) is 12.4 Å². The van der Waals surface area contributed by atoms with Crippen LogP contribution < -0.4 is 21.1 Å². The van der Waals surface area contributed by atoms with E-state index in [1.807, 2.05) is 0 Å². The summed E-state index contributed by atoms with van der Waals surface area (Å²) in [5.41, 5.74) is 6.38. The predicted molar refractivity (Wildman–Crippen MR) is 108 cm³/mol. The summed E-state index contributed by atoms with van der Waals surface area (Å²) in [6, 6.07) is 5.63. The molecule has 0 aliphatic carbocycles. The second-order valence-electron chi connectivity index (χ2n) is 6.12. The third kappa shape index (κ3) is 9.33. The van der Waals surface area contributed by atoms with E-state index in [-0.39, 0.29) is 30.7 Å². The number of ether oxygens (including phenoxy) is 3. The highest BCUT2D eigenvalue weighted by molar-refractivity contribution is 5.94. The van der Waals surface area contributed by atoms with Crippen LogP contribution in [-0.4, -0.2) is 63.8 Å². The molecule has 0 unspecified atom stereocenters. The average Bonchev–Trinajstić information content (AvgIpc) is 2.68. The van der Waals surface area contributed by atoms with Gasteiger partial charge < -0.3 is 30.6 Å². The Morgan fingerprint density at radius 3 is 2.41 bits per heavy atom. The van der Waals surface area contributed by atoms with Gasteiger partial charge in [-0.3, -0.25) is 9.59 Å². The van der Waals surface area contributed by atoms with Crippen LogP contribution in [-0.2, 0) is 14.3 Å². The van der Waals surface area contributed by atoms with E-state index >= 15 is 0 Å². The molecule has 0 aromatic heterocycles. The van der Waals surface area contributed by atoms with Crippen molar-refractivity contribution in [3.05, 3.63) is 42.0 Å². The largest absolute Gasteiger partial charge is 0.513 e. The maximum absolute atomic E-state index is 12.2. The first-order valence-electron chi connectivity index (χ1n) is 9.25. The van der Waals surface area contributed by atoms with E-state index < -0.39 is 12.2 Å². The van der Waals surface area contributed by atoms with Gasteiger partial charge in [-0.2, -0.15) is 0 Å². The van der Waals surface area contributed by atoms with E-state index in [1.165, 1.54) is 31.2 Å². The molecule has 0 bridgehead atoms. The highest BCUT2D eigenvalue weighted by Crippen LogP contribution is 2.13. The molecule has 160 valence electrons. The number of hydrogen-bond acceptors (Lipinski definition) is 8. The van der Waals surface area contributed by atoms with Crippen LogP contribution >= 0.6 is 0 Å². The third-order valence-corrected chi connectivity index (χ3v) is 3.86. The lowest BCUT2D eigenvalue weighted by atomic mass is 10.0. The van der Waals surface area contributed by atoms with Crippen LogP contribution in [0.1, 0.15) is 23.7 Å². The summed E-state index contributed by atoms with van der Waals surface area (Å²) in [5, 5.41) is 5.65. The van der Waals surface area contributed by atoms with Crippen LogP contribution in [0.15, 0.2) is 36.4 Å². The Kier molecular flexibility index (Phi) is 11.2. The van der Waals surface area contributed by atoms with Gasteiger partial charge >= 0.3 is 6.16 Å². The van der Waals surface area contributed by atoms with E-state index in [1.54, 1.807) is 7.05 Å². The van der Waals surface area contributed by atoms with Crippen molar-refractivity contribution in [3.8, 4) is 5.75 Å². The van der Waals surface area contributed by atoms with Gasteiger partial charge in [-0.25, -0.2) is 4.79 Å². The standard InChI is InChI=1S/C20H29N3O6/c1-14(18(22-3)15(2)24)8-10-23-19(25)16-4-6-17(7-5-16)29-20(26)28-13-12-27-11-9-21/h4-7,18,22H,1,8-13,21H2,2-3H3,(H,23,25)/t18-/m0/s1. The van der Waals surface area contributed by atoms with Gasteiger partial charge in [0.05, 0.1) is 19.3 Å². The molecule has 0 saturated heterocycles. The Hall–Kier alpha value is -2.75. The smallest absolute Gasteiger partial charge is 0.432 e. The summed E-state index contributed by atoms with van der Waals surface area (Å²) < 4.78 is 14.9.